The van der Waals surface area contributed by atoms with Gasteiger partial charge in [0.2, 0.25) is 0 Å². The number of halogens is 1. The van der Waals surface area contributed by atoms with Gasteiger partial charge in [-0.15, -0.1) is 12.4 Å². The van der Waals surface area contributed by atoms with Crippen LogP contribution in [0, 0.1) is 19.8 Å². The molecule has 3 heterocycles. The van der Waals surface area contributed by atoms with Crippen LogP contribution in [0.2, 0.25) is 0 Å². The summed E-state index contributed by atoms with van der Waals surface area (Å²) in [6.45, 7) is 10.9. The average Bonchev–Trinajstić information content (AvgIpc) is 2.87. The Bertz CT molecular complexity index is 518. The highest BCUT2D eigenvalue weighted by Gasteiger charge is 2.26. The fourth-order valence-corrected chi connectivity index (χ4v) is 3.58. The van der Waals surface area contributed by atoms with E-state index in [0.717, 1.165) is 62.3 Å². The van der Waals surface area contributed by atoms with Crippen molar-refractivity contribution in [2.75, 3.05) is 45.8 Å². The van der Waals surface area contributed by atoms with Crippen LogP contribution in [0.4, 0.5) is 0 Å². The van der Waals surface area contributed by atoms with Crippen molar-refractivity contribution >= 4 is 18.3 Å². The molecule has 2 fully saturated rings. The van der Waals surface area contributed by atoms with E-state index in [2.05, 4.69) is 10.2 Å². The quantitative estimate of drug-likeness (QED) is 0.914. The van der Waals surface area contributed by atoms with Gasteiger partial charge in [-0.25, -0.2) is 0 Å². The molecule has 2 saturated heterocycles. The molecule has 3 rings (SSSR count). The molecule has 0 aromatic carbocycles. The van der Waals surface area contributed by atoms with Crippen molar-refractivity contribution in [2.24, 2.45) is 5.92 Å². The van der Waals surface area contributed by atoms with Gasteiger partial charge in [-0.05, 0) is 51.8 Å². The summed E-state index contributed by atoms with van der Waals surface area (Å²) in [7, 11) is 0. The van der Waals surface area contributed by atoms with E-state index < -0.39 is 0 Å². The Morgan fingerprint density at radius 3 is 2.43 bits per heavy atom. The van der Waals surface area contributed by atoms with Gasteiger partial charge in [0.1, 0.15) is 11.5 Å². The SMILES string of the molecule is Cc1cc(C(=O)N2CCN(CC3CCNCC3)CC2)c(C)o1.Cl. The molecule has 0 unspecified atom stereocenters. The van der Waals surface area contributed by atoms with Crippen molar-refractivity contribution in [1.82, 2.24) is 15.1 Å². The first-order chi connectivity index (χ1) is 10.6. The summed E-state index contributed by atoms with van der Waals surface area (Å²) < 4.78 is 5.48. The van der Waals surface area contributed by atoms with Crippen molar-refractivity contribution < 1.29 is 9.21 Å². The maximum Gasteiger partial charge on any atom is 0.257 e. The van der Waals surface area contributed by atoms with Crippen LogP contribution in [0.3, 0.4) is 0 Å². The lowest BCUT2D eigenvalue weighted by Crippen LogP contribution is -2.50. The molecule has 0 saturated carbocycles. The minimum Gasteiger partial charge on any atom is -0.466 e. The Labute approximate surface area is 144 Å². The fourth-order valence-electron chi connectivity index (χ4n) is 3.58. The number of piperazine rings is 1. The third kappa shape index (κ3) is 4.49. The molecule has 0 bridgehead atoms. The van der Waals surface area contributed by atoms with E-state index in [4.69, 9.17) is 4.42 Å². The number of carbonyl (C=O) groups excluding carboxylic acids is 1. The molecular formula is C17H28ClN3O2. The first-order valence-corrected chi connectivity index (χ1v) is 8.43. The Morgan fingerprint density at radius 2 is 1.87 bits per heavy atom. The molecule has 1 amide bonds. The third-order valence-electron chi connectivity index (χ3n) is 4.91. The van der Waals surface area contributed by atoms with Crippen LogP contribution < -0.4 is 5.32 Å². The molecule has 1 aromatic heterocycles. The van der Waals surface area contributed by atoms with E-state index in [1.165, 1.54) is 19.4 Å². The van der Waals surface area contributed by atoms with E-state index >= 15 is 0 Å². The number of aryl methyl sites for hydroxylation is 2. The number of piperidine rings is 1. The summed E-state index contributed by atoms with van der Waals surface area (Å²) in [5.74, 6) is 2.49. The Kier molecular flexibility index (Phi) is 6.50. The molecule has 2 aliphatic heterocycles. The number of hydrogen-bond acceptors (Lipinski definition) is 4. The number of nitrogens with one attached hydrogen (secondary N) is 1. The third-order valence-corrected chi connectivity index (χ3v) is 4.91. The van der Waals surface area contributed by atoms with Gasteiger partial charge in [-0.2, -0.15) is 0 Å². The smallest absolute Gasteiger partial charge is 0.257 e. The molecule has 1 aromatic rings. The van der Waals surface area contributed by atoms with Crippen LogP contribution in [0.15, 0.2) is 10.5 Å². The summed E-state index contributed by atoms with van der Waals surface area (Å²) in [5.41, 5.74) is 0.726. The second kappa shape index (κ2) is 8.18. The summed E-state index contributed by atoms with van der Waals surface area (Å²) in [4.78, 5) is 17.1. The lowest BCUT2D eigenvalue weighted by molar-refractivity contribution is 0.0607. The second-order valence-corrected chi connectivity index (χ2v) is 6.61. The number of hydrogen-bond donors (Lipinski definition) is 1. The van der Waals surface area contributed by atoms with Gasteiger partial charge < -0.3 is 14.6 Å². The second-order valence-electron chi connectivity index (χ2n) is 6.61. The maximum atomic E-state index is 12.6. The molecule has 1 N–H and O–H groups in total. The first kappa shape index (κ1) is 18.3. The van der Waals surface area contributed by atoms with Crippen molar-refractivity contribution in [1.29, 1.82) is 0 Å². The zero-order chi connectivity index (χ0) is 15.5. The highest BCUT2D eigenvalue weighted by Crippen LogP contribution is 2.18. The summed E-state index contributed by atoms with van der Waals surface area (Å²) in [6.07, 6.45) is 2.57. The van der Waals surface area contributed by atoms with Crippen LogP contribution in [-0.2, 0) is 0 Å². The van der Waals surface area contributed by atoms with Crippen LogP contribution in [0.25, 0.3) is 0 Å². The molecule has 130 valence electrons. The Morgan fingerprint density at radius 1 is 1.22 bits per heavy atom. The van der Waals surface area contributed by atoms with Gasteiger partial charge in [0, 0.05) is 32.7 Å². The molecule has 0 atom stereocenters. The van der Waals surface area contributed by atoms with E-state index in [1.807, 2.05) is 24.8 Å². The Hall–Kier alpha value is -1.04. The van der Waals surface area contributed by atoms with Gasteiger partial charge in [-0.1, -0.05) is 0 Å². The molecule has 2 aliphatic rings. The number of amides is 1. The number of carbonyl (C=O) groups is 1. The molecule has 0 aliphatic carbocycles. The van der Waals surface area contributed by atoms with Crippen molar-refractivity contribution in [2.45, 2.75) is 26.7 Å². The van der Waals surface area contributed by atoms with Crippen molar-refractivity contribution in [3.8, 4) is 0 Å². The monoisotopic (exact) mass is 341 g/mol. The minimum absolute atomic E-state index is 0. The minimum atomic E-state index is 0. The average molecular weight is 342 g/mol. The molecule has 0 spiro atoms. The highest BCUT2D eigenvalue weighted by molar-refractivity contribution is 5.95. The van der Waals surface area contributed by atoms with Crippen molar-refractivity contribution in [3.05, 3.63) is 23.2 Å². The normalized spacial score (nSPS) is 20.3. The number of rotatable bonds is 3. The molecular weight excluding hydrogens is 314 g/mol. The van der Waals surface area contributed by atoms with Gasteiger partial charge in [-0.3, -0.25) is 9.69 Å². The first-order valence-electron chi connectivity index (χ1n) is 8.43. The molecule has 23 heavy (non-hydrogen) atoms. The standard InChI is InChI=1S/C17H27N3O2.ClH/c1-13-11-16(14(2)22-13)17(21)20-9-7-19(8-10-20)12-15-3-5-18-6-4-15;/h11,15,18H,3-10,12H2,1-2H3;1H. The van der Waals surface area contributed by atoms with E-state index in [-0.39, 0.29) is 18.3 Å². The van der Waals surface area contributed by atoms with E-state index in [1.54, 1.807) is 0 Å². The van der Waals surface area contributed by atoms with Gasteiger partial charge in [0.25, 0.3) is 5.91 Å². The fraction of sp³-hybridized carbons (Fsp3) is 0.706. The summed E-state index contributed by atoms with van der Waals surface area (Å²) in [6, 6.07) is 1.86. The highest BCUT2D eigenvalue weighted by atomic mass is 35.5. The zero-order valence-electron chi connectivity index (χ0n) is 14.1. The van der Waals surface area contributed by atoms with E-state index in [9.17, 15) is 4.79 Å². The van der Waals surface area contributed by atoms with Gasteiger partial charge in [0.05, 0.1) is 5.56 Å². The predicted molar refractivity (Wildman–Crippen MR) is 93.4 cm³/mol. The largest absolute Gasteiger partial charge is 0.466 e. The van der Waals surface area contributed by atoms with Gasteiger partial charge >= 0.3 is 0 Å². The lowest BCUT2D eigenvalue weighted by atomic mass is 9.97. The number of furan rings is 1. The number of nitrogens with zero attached hydrogens (tertiary/aromatic N) is 2. The van der Waals surface area contributed by atoms with Crippen LogP contribution >= 0.6 is 12.4 Å². The van der Waals surface area contributed by atoms with E-state index in [0.29, 0.717) is 0 Å². The van der Waals surface area contributed by atoms with Crippen LogP contribution in [0.5, 0.6) is 0 Å². The summed E-state index contributed by atoms with van der Waals surface area (Å²) in [5, 5.41) is 3.42. The molecule has 5 nitrogen and oxygen atoms in total. The van der Waals surface area contributed by atoms with Gasteiger partial charge in [0.15, 0.2) is 0 Å². The zero-order valence-corrected chi connectivity index (χ0v) is 15.0. The molecule has 0 radical (unpaired) electrons. The summed E-state index contributed by atoms with van der Waals surface area (Å²) >= 11 is 0. The van der Waals surface area contributed by atoms with Crippen molar-refractivity contribution in [3.63, 3.8) is 0 Å². The maximum absolute atomic E-state index is 12.6. The van der Waals surface area contributed by atoms with Crippen LogP contribution in [0.1, 0.15) is 34.7 Å². The topological polar surface area (TPSA) is 48.7 Å². The molecule has 6 heteroatoms. The van der Waals surface area contributed by atoms with Crippen LogP contribution in [-0.4, -0.2) is 61.5 Å². The lowest BCUT2D eigenvalue weighted by Gasteiger charge is -2.37. The Balaban J connectivity index is 0.00000192. The predicted octanol–water partition coefficient (Wildman–Crippen LogP) is 2.08.